The summed E-state index contributed by atoms with van der Waals surface area (Å²) in [6.45, 7) is 1.48. The van der Waals surface area contributed by atoms with Crippen LogP contribution in [0.5, 0.6) is 0 Å². The number of aldehydes is 1. The Kier molecular flexibility index (Phi) is 8.42. The van der Waals surface area contributed by atoms with Crippen molar-refractivity contribution in [2.45, 2.75) is 38.1 Å². The molecule has 0 saturated heterocycles. The smallest absolute Gasteiger partial charge is 0.152 e. The third-order valence-corrected chi connectivity index (χ3v) is 5.33. The van der Waals surface area contributed by atoms with Gasteiger partial charge in [0.15, 0.2) is 6.29 Å². The summed E-state index contributed by atoms with van der Waals surface area (Å²) in [6, 6.07) is 29.8. The normalized spacial score (nSPS) is 20.1. The van der Waals surface area contributed by atoms with Crippen molar-refractivity contribution in [2.75, 3.05) is 6.61 Å². The lowest BCUT2D eigenvalue weighted by atomic mass is 10.1. The van der Waals surface area contributed by atoms with Crippen molar-refractivity contribution in [1.82, 2.24) is 0 Å². The molecule has 3 atom stereocenters. The Morgan fingerprint density at radius 2 is 1.27 bits per heavy atom. The lowest BCUT2D eigenvalue weighted by molar-refractivity contribution is -0.149. The van der Waals surface area contributed by atoms with Crippen LogP contribution < -0.4 is 0 Å². The monoisotopic (exact) mass is 444 g/mol. The van der Waals surface area contributed by atoms with Crippen molar-refractivity contribution in [3.8, 4) is 0 Å². The van der Waals surface area contributed by atoms with Crippen LogP contribution in [0.15, 0.2) is 103 Å². The largest absolute Gasteiger partial charge is 0.491 e. The Labute approximate surface area is 194 Å². The quantitative estimate of drug-likeness (QED) is 0.396. The molecule has 0 fully saturated rings. The molecule has 0 bridgehead atoms. The van der Waals surface area contributed by atoms with Crippen LogP contribution in [-0.2, 0) is 43.6 Å². The fourth-order valence-corrected chi connectivity index (χ4v) is 3.64. The molecule has 0 N–H and O–H groups in total. The molecular formula is C28H28O5. The van der Waals surface area contributed by atoms with Crippen molar-refractivity contribution in [3.05, 3.63) is 120 Å². The summed E-state index contributed by atoms with van der Waals surface area (Å²) in [5.41, 5.74) is 3.14. The van der Waals surface area contributed by atoms with Crippen LogP contribution in [-0.4, -0.2) is 31.2 Å². The summed E-state index contributed by atoms with van der Waals surface area (Å²) >= 11 is 0. The van der Waals surface area contributed by atoms with Crippen molar-refractivity contribution in [2.24, 2.45) is 0 Å². The van der Waals surface area contributed by atoms with Gasteiger partial charge >= 0.3 is 0 Å². The van der Waals surface area contributed by atoms with E-state index in [1.54, 1.807) is 6.08 Å². The van der Waals surface area contributed by atoms with Crippen LogP contribution >= 0.6 is 0 Å². The molecule has 1 aliphatic rings. The van der Waals surface area contributed by atoms with E-state index in [1.807, 2.05) is 91.0 Å². The third-order valence-electron chi connectivity index (χ3n) is 5.33. The molecule has 1 aliphatic heterocycles. The topological polar surface area (TPSA) is 54.0 Å². The van der Waals surface area contributed by atoms with E-state index in [4.69, 9.17) is 18.9 Å². The van der Waals surface area contributed by atoms with Gasteiger partial charge in [-0.25, -0.2) is 0 Å². The molecule has 5 nitrogen and oxygen atoms in total. The highest BCUT2D eigenvalue weighted by Crippen LogP contribution is 2.26. The zero-order valence-electron chi connectivity index (χ0n) is 18.4. The summed E-state index contributed by atoms with van der Waals surface area (Å²) < 4.78 is 24.3. The van der Waals surface area contributed by atoms with E-state index in [0.29, 0.717) is 25.6 Å². The average Bonchev–Trinajstić information content (AvgIpc) is 2.88. The first-order valence-corrected chi connectivity index (χ1v) is 11.1. The fourth-order valence-electron chi connectivity index (χ4n) is 3.64. The molecule has 4 rings (SSSR count). The van der Waals surface area contributed by atoms with Crippen LogP contribution in [0, 0.1) is 0 Å². The second kappa shape index (κ2) is 12.1. The van der Waals surface area contributed by atoms with E-state index < -0.39 is 18.3 Å². The van der Waals surface area contributed by atoms with Crippen LogP contribution in [0.1, 0.15) is 16.7 Å². The van der Waals surface area contributed by atoms with E-state index in [-0.39, 0.29) is 6.61 Å². The number of carbonyl (C=O) groups is 1. The third kappa shape index (κ3) is 6.86. The van der Waals surface area contributed by atoms with Crippen LogP contribution in [0.4, 0.5) is 0 Å². The first-order valence-electron chi connectivity index (χ1n) is 11.1. The first-order chi connectivity index (χ1) is 16.3. The number of hydrogen-bond donors (Lipinski definition) is 0. The van der Waals surface area contributed by atoms with Gasteiger partial charge in [0, 0.05) is 0 Å². The molecule has 33 heavy (non-hydrogen) atoms. The van der Waals surface area contributed by atoms with E-state index in [0.717, 1.165) is 23.0 Å². The molecule has 1 heterocycles. The standard InChI is InChI=1S/C28H28O5/c29-17-25-16-26(31-19-23-12-6-2-7-13-23)28(32-20-24-14-8-3-9-15-24)27(33-25)21-30-18-22-10-4-1-5-11-22/h1-17,25,27-28H,18-21H2/t25?,27?,28-/m1/s1. The van der Waals surface area contributed by atoms with Gasteiger partial charge in [0.2, 0.25) is 0 Å². The molecule has 3 aromatic carbocycles. The molecular weight excluding hydrogens is 416 g/mol. The number of rotatable bonds is 11. The summed E-state index contributed by atoms with van der Waals surface area (Å²) in [7, 11) is 0. The van der Waals surface area contributed by atoms with Gasteiger partial charge in [-0.3, -0.25) is 0 Å². The van der Waals surface area contributed by atoms with E-state index >= 15 is 0 Å². The van der Waals surface area contributed by atoms with Crippen molar-refractivity contribution < 1.29 is 23.7 Å². The molecule has 0 radical (unpaired) electrons. The van der Waals surface area contributed by atoms with Crippen LogP contribution in [0.25, 0.3) is 0 Å². The maximum Gasteiger partial charge on any atom is 0.152 e. The van der Waals surface area contributed by atoms with Gasteiger partial charge < -0.3 is 23.7 Å². The Hall–Kier alpha value is -3.25. The first kappa shape index (κ1) is 22.9. The van der Waals surface area contributed by atoms with E-state index in [2.05, 4.69) is 0 Å². The molecule has 0 amide bonds. The average molecular weight is 445 g/mol. The Balaban J connectivity index is 1.47. The molecule has 0 aromatic heterocycles. The van der Waals surface area contributed by atoms with Gasteiger partial charge in [-0.2, -0.15) is 0 Å². The predicted octanol–water partition coefficient (Wildman–Crippen LogP) is 4.86. The molecule has 0 spiro atoms. The van der Waals surface area contributed by atoms with Crippen molar-refractivity contribution in [3.63, 3.8) is 0 Å². The van der Waals surface area contributed by atoms with Gasteiger partial charge in [0.05, 0.1) is 19.8 Å². The van der Waals surface area contributed by atoms with Gasteiger partial charge in [-0.1, -0.05) is 91.0 Å². The van der Waals surface area contributed by atoms with Gasteiger partial charge in [0.25, 0.3) is 0 Å². The SMILES string of the molecule is O=CC1C=C(OCc2ccccc2)[C@@H](OCc2ccccc2)C(COCc2ccccc2)O1. The zero-order valence-corrected chi connectivity index (χ0v) is 18.4. The predicted molar refractivity (Wildman–Crippen MR) is 125 cm³/mol. The highest BCUT2D eigenvalue weighted by molar-refractivity contribution is 5.60. The highest BCUT2D eigenvalue weighted by atomic mass is 16.6. The second-order valence-corrected chi connectivity index (χ2v) is 7.84. The molecule has 0 aliphatic carbocycles. The Morgan fingerprint density at radius 3 is 1.85 bits per heavy atom. The maximum absolute atomic E-state index is 11.6. The second-order valence-electron chi connectivity index (χ2n) is 7.84. The highest BCUT2D eigenvalue weighted by Gasteiger charge is 2.35. The maximum atomic E-state index is 11.6. The minimum absolute atomic E-state index is 0.269. The summed E-state index contributed by atoms with van der Waals surface area (Å²) in [5.74, 6) is 0.589. The van der Waals surface area contributed by atoms with E-state index in [9.17, 15) is 4.79 Å². The Morgan fingerprint density at radius 1 is 0.727 bits per heavy atom. The number of ether oxygens (including phenoxy) is 4. The van der Waals surface area contributed by atoms with Gasteiger partial charge in [-0.05, 0) is 22.8 Å². The number of hydrogen-bond acceptors (Lipinski definition) is 5. The Bertz CT molecular complexity index is 1000. The molecule has 3 aromatic rings. The summed E-state index contributed by atoms with van der Waals surface area (Å²) in [5, 5.41) is 0. The lowest BCUT2D eigenvalue weighted by Gasteiger charge is -2.34. The van der Waals surface area contributed by atoms with Crippen molar-refractivity contribution >= 4 is 6.29 Å². The minimum Gasteiger partial charge on any atom is -0.491 e. The van der Waals surface area contributed by atoms with Gasteiger partial charge in [0.1, 0.15) is 30.7 Å². The lowest BCUT2D eigenvalue weighted by Crippen LogP contribution is -2.44. The zero-order chi connectivity index (χ0) is 22.7. The number of benzene rings is 3. The summed E-state index contributed by atoms with van der Waals surface area (Å²) in [4.78, 5) is 11.6. The van der Waals surface area contributed by atoms with Crippen LogP contribution in [0.2, 0.25) is 0 Å². The van der Waals surface area contributed by atoms with Crippen LogP contribution in [0.3, 0.4) is 0 Å². The fraction of sp³-hybridized carbons (Fsp3) is 0.250. The van der Waals surface area contributed by atoms with Gasteiger partial charge in [-0.15, -0.1) is 0 Å². The molecule has 5 heteroatoms. The molecule has 0 saturated carbocycles. The van der Waals surface area contributed by atoms with Crippen molar-refractivity contribution in [1.29, 1.82) is 0 Å². The minimum atomic E-state index is -0.710. The molecule has 170 valence electrons. The summed E-state index contributed by atoms with van der Waals surface area (Å²) in [6.07, 6.45) is 0.768. The molecule has 2 unspecified atom stereocenters. The van der Waals surface area contributed by atoms with E-state index in [1.165, 1.54) is 0 Å². The number of carbonyl (C=O) groups excluding carboxylic acids is 1.